The Morgan fingerprint density at radius 1 is 0.396 bits per heavy atom. The Bertz CT molecular complexity index is 713. The van der Waals surface area contributed by atoms with Crippen molar-refractivity contribution >= 4 is 11.9 Å². The summed E-state index contributed by atoms with van der Waals surface area (Å²) in [5.41, 5.74) is 0. The van der Waals surface area contributed by atoms with Crippen LogP contribution in [0.4, 0.5) is 0 Å². The van der Waals surface area contributed by atoms with E-state index in [1.54, 1.807) is 0 Å². The SMILES string of the molecule is CCCCCCCCCCCCCCCCCCCCC(CC(O)CO)C(=O)O.CCCCCCCCCCCCCCCCCCCCCC(=O)O. The Morgan fingerprint density at radius 2 is 0.642 bits per heavy atom. The highest BCUT2D eigenvalue weighted by atomic mass is 16.4. The lowest BCUT2D eigenvalue weighted by molar-refractivity contribution is -0.143. The summed E-state index contributed by atoms with van der Waals surface area (Å²) in [7, 11) is 0. The van der Waals surface area contributed by atoms with Crippen molar-refractivity contribution in [3.05, 3.63) is 0 Å². The molecule has 0 aliphatic rings. The Balaban J connectivity index is 0. The highest BCUT2D eigenvalue weighted by Gasteiger charge is 2.20. The first-order chi connectivity index (χ1) is 25.9. The standard InChI is InChI=1S/C25H50O4.C22H44O2/c1-2-3-4-5-6-7-8-9-10-11-12-13-14-15-16-17-18-19-20-23(25(28)29)21-24(27)22-26;1-2-3-4-5-6-7-8-9-10-11-12-13-14-15-16-17-18-19-20-21-22(23)24/h23-24,26-27H,2-22H2,1H3,(H,28,29);2-21H2,1H3,(H,23,24). The molecule has 0 aliphatic carbocycles. The summed E-state index contributed by atoms with van der Waals surface area (Å²) in [4.78, 5) is 21.6. The second-order valence-electron chi connectivity index (χ2n) is 16.4. The fourth-order valence-corrected chi connectivity index (χ4v) is 7.39. The molecule has 0 saturated heterocycles. The predicted octanol–water partition coefficient (Wildman–Crippen LogP) is 14.8. The number of rotatable bonds is 43. The average Bonchev–Trinajstić information content (AvgIpc) is 3.14. The third kappa shape index (κ3) is 48.8. The third-order valence-corrected chi connectivity index (χ3v) is 11.0. The van der Waals surface area contributed by atoms with Gasteiger partial charge in [0.05, 0.1) is 18.6 Å². The summed E-state index contributed by atoms with van der Waals surface area (Å²) in [6.45, 7) is 4.20. The smallest absolute Gasteiger partial charge is 0.306 e. The molecule has 0 bridgehead atoms. The molecule has 2 unspecified atom stereocenters. The van der Waals surface area contributed by atoms with Gasteiger partial charge in [0.2, 0.25) is 0 Å². The van der Waals surface area contributed by atoms with Crippen LogP contribution in [0.3, 0.4) is 0 Å². The normalized spacial score (nSPS) is 12.4. The molecule has 6 nitrogen and oxygen atoms in total. The van der Waals surface area contributed by atoms with E-state index in [0.29, 0.717) is 12.8 Å². The van der Waals surface area contributed by atoms with Gasteiger partial charge in [0.1, 0.15) is 0 Å². The summed E-state index contributed by atoms with van der Waals surface area (Å²) >= 11 is 0. The molecule has 0 rings (SSSR count). The van der Waals surface area contributed by atoms with E-state index in [0.717, 1.165) is 25.7 Å². The van der Waals surface area contributed by atoms with Gasteiger partial charge in [0.15, 0.2) is 0 Å². The first kappa shape index (κ1) is 54.0. The third-order valence-electron chi connectivity index (χ3n) is 11.0. The van der Waals surface area contributed by atoms with Crippen LogP contribution < -0.4 is 0 Å². The fourth-order valence-electron chi connectivity index (χ4n) is 7.39. The van der Waals surface area contributed by atoms with Gasteiger partial charge in [-0.15, -0.1) is 0 Å². The molecule has 0 aromatic carbocycles. The maximum absolute atomic E-state index is 11.2. The van der Waals surface area contributed by atoms with E-state index in [9.17, 15) is 14.7 Å². The first-order valence-corrected chi connectivity index (χ1v) is 23.6. The van der Waals surface area contributed by atoms with Gasteiger partial charge in [-0.3, -0.25) is 9.59 Å². The number of unbranched alkanes of at least 4 members (excludes halogenated alkanes) is 35. The number of carboxylic acid groups (broad SMARTS) is 2. The van der Waals surface area contributed by atoms with Crippen LogP contribution in [0.15, 0.2) is 0 Å². The molecule has 6 heteroatoms. The summed E-state index contributed by atoms with van der Waals surface area (Å²) in [5, 5.41) is 36.0. The van der Waals surface area contributed by atoms with Crippen LogP contribution in [0, 0.1) is 5.92 Å². The van der Waals surface area contributed by atoms with Crippen molar-refractivity contribution in [2.45, 2.75) is 277 Å². The highest BCUT2D eigenvalue weighted by molar-refractivity contribution is 5.69. The van der Waals surface area contributed by atoms with Crippen molar-refractivity contribution in [2.24, 2.45) is 5.92 Å². The Kier molecular flexibility index (Phi) is 47.9. The zero-order valence-corrected chi connectivity index (χ0v) is 35.8. The number of aliphatic carboxylic acids is 2. The molecule has 0 heterocycles. The molecule has 0 saturated carbocycles. The lowest BCUT2D eigenvalue weighted by Gasteiger charge is -2.15. The van der Waals surface area contributed by atoms with Gasteiger partial charge in [0, 0.05) is 6.42 Å². The lowest BCUT2D eigenvalue weighted by Crippen LogP contribution is -2.23. The van der Waals surface area contributed by atoms with Crippen LogP contribution in [0.2, 0.25) is 0 Å². The Morgan fingerprint density at radius 3 is 0.868 bits per heavy atom. The van der Waals surface area contributed by atoms with Crippen molar-refractivity contribution in [1.29, 1.82) is 0 Å². The molecule has 4 N–H and O–H groups in total. The summed E-state index contributed by atoms with van der Waals surface area (Å²) in [6.07, 6.45) is 49.8. The highest BCUT2D eigenvalue weighted by Crippen LogP contribution is 2.19. The van der Waals surface area contributed by atoms with E-state index in [1.807, 2.05) is 0 Å². The molecule has 0 aromatic heterocycles. The van der Waals surface area contributed by atoms with Gasteiger partial charge in [-0.2, -0.15) is 0 Å². The number of carboxylic acids is 2. The maximum atomic E-state index is 11.2. The number of aliphatic hydroxyl groups excluding tert-OH is 2. The van der Waals surface area contributed by atoms with Crippen LogP contribution in [0.1, 0.15) is 271 Å². The largest absolute Gasteiger partial charge is 0.481 e. The minimum absolute atomic E-state index is 0.158. The number of carbonyl (C=O) groups is 2. The van der Waals surface area contributed by atoms with Gasteiger partial charge < -0.3 is 20.4 Å². The van der Waals surface area contributed by atoms with Crippen LogP contribution in [-0.4, -0.2) is 45.1 Å². The number of hydrogen-bond acceptors (Lipinski definition) is 4. The van der Waals surface area contributed by atoms with Gasteiger partial charge in [0.25, 0.3) is 0 Å². The lowest BCUT2D eigenvalue weighted by atomic mass is 9.94. The quantitative estimate of drug-likeness (QED) is 0.0461. The van der Waals surface area contributed by atoms with Crippen molar-refractivity contribution in [3.8, 4) is 0 Å². The monoisotopic (exact) mass is 755 g/mol. The van der Waals surface area contributed by atoms with Crippen LogP contribution >= 0.6 is 0 Å². The molecule has 0 fully saturated rings. The minimum atomic E-state index is -0.911. The molecule has 0 aliphatic heterocycles. The molecule has 318 valence electrons. The van der Waals surface area contributed by atoms with Crippen molar-refractivity contribution in [2.75, 3.05) is 6.61 Å². The second-order valence-corrected chi connectivity index (χ2v) is 16.4. The fraction of sp³-hybridized carbons (Fsp3) is 0.957. The van der Waals surface area contributed by atoms with E-state index in [2.05, 4.69) is 13.8 Å². The molecular weight excluding hydrogens is 661 g/mol. The van der Waals surface area contributed by atoms with Gasteiger partial charge in [-0.05, 0) is 19.3 Å². The molecular formula is C47H94O6. The van der Waals surface area contributed by atoms with Crippen molar-refractivity contribution in [1.82, 2.24) is 0 Å². The van der Waals surface area contributed by atoms with Crippen molar-refractivity contribution < 1.29 is 30.0 Å². The Hall–Kier alpha value is -1.14. The molecule has 53 heavy (non-hydrogen) atoms. The van der Waals surface area contributed by atoms with Crippen LogP contribution in [-0.2, 0) is 9.59 Å². The summed E-state index contributed by atoms with van der Waals surface area (Å²) in [6, 6.07) is 0. The molecule has 0 aromatic rings. The average molecular weight is 755 g/mol. The zero-order chi connectivity index (χ0) is 39.3. The number of aliphatic hydroxyl groups is 2. The van der Waals surface area contributed by atoms with Crippen LogP contribution in [0.5, 0.6) is 0 Å². The predicted molar refractivity (Wildman–Crippen MR) is 228 cm³/mol. The van der Waals surface area contributed by atoms with Crippen LogP contribution in [0.25, 0.3) is 0 Å². The zero-order valence-electron chi connectivity index (χ0n) is 35.8. The van der Waals surface area contributed by atoms with E-state index < -0.39 is 24.0 Å². The van der Waals surface area contributed by atoms with E-state index in [-0.39, 0.29) is 13.0 Å². The molecule has 0 spiro atoms. The van der Waals surface area contributed by atoms with Gasteiger partial charge >= 0.3 is 11.9 Å². The van der Waals surface area contributed by atoms with E-state index >= 15 is 0 Å². The first-order valence-electron chi connectivity index (χ1n) is 23.6. The topological polar surface area (TPSA) is 115 Å². The second kappa shape index (κ2) is 47.0. The van der Waals surface area contributed by atoms with E-state index in [1.165, 1.54) is 212 Å². The minimum Gasteiger partial charge on any atom is -0.481 e. The molecule has 2 atom stereocenters. The van der Waals surface area contributed by atoms with Gasteiger partial charge in [-0.25, -0.2) is 0 Å². The maximum Gasteiger partial charge on any atom is 0.306 e. The molecule has 0 radical (unpaired) electrons. The van der Waals surface area contributed by atoms with E-state index in [4.69, 9.17) is 15.3 Å². The summed E-state index contributed by atoms with van der Waals surface area (Å²) < 4.78 is 0. The van der Waals surface area contributed by atoms with Crippen molar-refractivity contribution in [3.63, 3.8) is 0 Å². The number of hydrogen-bond donors (Lipinski definition) is 4. The summed E-state index contributed by atoms with van der Waals surface area (Å²) in [5.74, 6) is -2.04. The van der Waals surface area contributed by atoms with Gasteiger partial charge in [-0.1, -0.05) is 245 Å². The molecule has 0 amide bonds. The Labute approximate surface area is 330 Å².